The second kappa shape index (κ2) is 18.3. The largest absolute Gasteiger partial charge is 0.452 e. The van der Waals surface area contributed by atoms with Crippen molar-refractivity contribution in [1.29, 1.82) is 0 Å². The van der Waals surface area contributed by atoms with Gasteiger partial charge in [-0.3, -0.25) is 4.79 Å². The van der Waals surface area contributed by atoms with E-state index in [0.29, 0.717) is 6.42 Å². The third-order valence-corrected chi connectivity index (χ3v) is 3.35. The van der Waals surface area contributed by atoms with Gasteiger partial charge in [0.25, 0.3) is 0 Å². The quantitative estimate of drug-likeness (QED) is 0.176. The summed E-state index contributed by atoms with van der Waals surface area (Å²) in [5, 5.41) is 0. The zero-order valence-electron chi connectivity index (χ0n) is 14.6. The van der Waals surface area contributed by atoms with Crippen molar-refractivity contribution in [3.8, 4) is 12.3 Å². The normalized spacial score (nSPS) is 11.5. The number of rotatable bonds is 14. The van der Waals surface area contributed by atoms with Gasteiger partial charge >= 0.3 is 5.97 Å². The zero-order valence-corrected chi connectivity index (χ0v) is 14.6. The molecule has 0 saturated heterocycles. The summed E-state index contributed by atoms with van der Waals surface area (Å²) in [6.07, 6.45) is 28.8. The first kappa shape index (κ1) is 21.2. The molecule has 0 heterocycles. The molecule has 0 rings (SSSR count). The number of esters is 1. The van der Waals surface area contributed by atoms with Crippen LogP contribution < -0.4 is 0 Å². The van der Waals surface area contributed by atoms with Crippen molar-refractivity contribution >= 4 is 5.97 Å². The maximum atomic E-state index is 11.2. The minimum Gasteiger partial charge on any atom is -0.452 e. The molecule has 0 aromatic carbocycles. The monoisotopic (exact) mass is 316 g/mol. The average molecular weight is 316 g/mol. The highest BCUT2D eigenvalue weighted by Gasteiger charge is 2.00. The number of allylic oxidation sites excluding steroid dienone is 6. The molecule has 0 fully saturated rings. The van der Waals surface area contributed by atoms with Gasteiger partial charge in [-0.05, 0) is 38.5 Å². The lowest BCUT2D eigenvalue weighted by molar-refractivity contribution is -0.142. The Kier molecular flexibility index (Phi) is 16.9. The molecule has 128 valence electrons. The summed E-state index contributed by atoms with van der Waals surface area (Å²) < 4.78 is 4.82. The Morgan fingerprint density at radius 1 is 0.913 bits per heavy atom. The maximum absolute atomic E-state index is 11.2. The molecule has 0 aliphatic rings. The van der Waals surface area contributed by atoms with E-state index in [1.54, 1.807) is 0 Å². The Labute approximate surface area is 142 Å². The fourth-order valence-electron chi connectivity index (χ4n) is 2.08. The lowest BCUT2D eigenvalue weighted by Crippen LogP contribution is -2.03. The number of ether oxygens (including phenoxy) is 1. The molecule has 0 amide bonds. The van der Waals surface area contributed by atoms with E-state index >= 15 is 0 Å². The van der Waals surface area contributed by atoms with Crippen molar-refractivity contribution in [2.75, 3.05) is 6.61 Å². The molecule has 0 aliphatic heterocycles. The molecule has 0 spiro atoms. The highest BCUT2D eigenvalue weighted by atomic mass is 16.5. The third-order valence-electron chi connectivity index (χ3n) is 3.35. The van der Waals surface area contributed by atoms with Gasteiger partial charge in [0.1, 0.15) is 0 Å². The summed E-state index contributed by atoms with van der Waals surface area (Å²) in [5.74, 6) is 2.12. The van der Waals surface area contributed by atoms with Crippen LogP contribution in [-0.2, 0) is 9.53 Å². The van der Waals surface area contributed by atoms with E-state index in [1.807, 2.05) is 0 Å². The molecule has 0 saturated carbocycles. The van der Waals surface area contributed by atoms with Crippen molar-refractivity contribution in [2.24, 2.45) is 0 Å². The van der Waals surface area contributed by atoms with Crippen LogP contribution in [-0.4, -0.2) is 12.6 Å². The van der Waals surface area contributed by atoms with Gasteiger partial charge in [-0.25, -0.2) is 0 Å². The van der Waals surface area contributed by atoms with Gasteiger partial charge < -0.3 is 4.74 Å². The Balaban J connectivity index is 3.29. The average Bonchev–Trinajstić information content (AvgIpc) is 2.56. The molecule has 0 aliphatic carbocycles. The summed E-state index contributed by atoms with van der Waals surface area (Å²) in [6.45, 7) is 2.24. The van der Waals surface area contributed by atoms with E-state index in [4.69, 9.17) is 11.2 Å². The molecule has 0 bridgehead atoms. The van der Waals surface area contributed by atoms with E-state index in [2.05, 4.69) is 49.3 Å². The minimum absolute atomic E-state index is 0.0931. The lowest BCUT2D eigenvalue weighted by atomic mass is 10.1. The summed E-state index contributed by atoms with van der Waals surface area (Å²) in [4.78, 5) is 11.2. The summed E-state index contributed by atoms with van der Waals surface area (Å²) in [7, 11) is 0. The molecule has 23 heavy (non-hydrogen) atoms. The number of carbonyl (C=O) groups is 1. The molecular weight excluding hydrogens is 284 g/mol. The fourth-order valence-corrected chi connectivity index (χ4v) is 2.08. The molecule has 0 atom stereocenters. The molecule has 0 radical (unpaired) electrons. The molecular formula is C21H32O2. The van der Waals surface area contributed by atoms with Crippen LogP contribution in [0.3, 0.4) is 0 Å². The van der Waals surface area contributed by atoms with Crippen molar-refractivity contribution in [3.63, 3.8) is 0 Å². The van der Waals surface area contributed by atoms with Crippen molar-refractivity contribution < 1.29 is 9.53 Å². The Bertz CT molecular complexity index is 397. The molecule has 0 N–H and O–H groups in total. The van der Waals surface area contributed by atoms with Crippen LogP contribution in [0.4, 0.5) is 0 Å². The van der Waals surface area contributed by atoms with E-state index in [-0.39, 0.29) is 12.6 Å². The van der Waals surface area contributed by atoms with Crippen LogP contribution in [0.1, 0.15) is 71.1 Å². The minimum atomic E-state index is -0.177. The Hall–Kier alpha value is -1.75. The third kappa shape index (κ3) is 18.2. The first-order valence-corrected chi connectivity index (χ1v) is 8.85. The summed E-state index contributed by atoms with van der Waals surface area (Å²) >= 11 is 0. The van der Waals surface area contributed by atoms with Crippen LogP contribution in [0, 0.1) is 12.3 Å². The van der Waals surface area contributed by atoms with Crippen LogP contribution in [0.5, 0.6) is 0 Å². The van der Waals surface area contributed by atoms with Crippen molar-refractivity contribution in [2.45, 2.75) is 71.1 Å². The maximum Gasteiger partial charge on any atom is 0.306 e. The first-order valence-electron chi connectivity index (χ1n) is 8.85. The zero-order chi connectivity index (χ0) is 17.0. The Morgan fingerprint density at radius 3 is 2.22 bits per heavy atom. The molecule has 0 unspecified atom stereocenters. The van der Waals surface area contributed by atoms with Gasteiger partial charge in [0, 0.05) is 6.42 Å². The fraction of sp³-hybridized carbons (Fsp3) is 0.571. The topological polar surface area (TPSA) is 26.3 Å². The predicted molar refractivity (Wildman–Crippen MR) is 99.1 cm³/mol. The number of terminal acetylenes is 1. The van der Waals surface area contributed by atoms with Gasteiger partial charge in [0.15, 0.2) is 6.61 Å². The standard InChI is InChI=1S/C21H32O2/c1-3-5-6-7-8-9-10-11-12-13-14-15-16-17-18-19-21(22)23-20-4-2/h2,5-6,8-9,11-12H,3,7,10,13-20H2,1H3/b6-5+,9-8+,12-11+. The van der Waals surface area contributed by atoms with Crippen LogP contribution in [0.15, 0.2) is 36.5 Å². The molecule has 2 heteroatoms. The van der Waals surface area contributed by atoms with Crippen LogP contribution in [0.2, 0.25) is 0 Å². The highest BCUT2D eigenvalue weighted by molar-refractivity contribution is 5.69. The molecule has 0 aromatic heterocycles. The molecule has 2 nitrogen and oxygen atoms in total. The van der Waals surface area contributed by atoms with Crippen molar-refractivity contribution in [3.05, 3.63) is 36.5 Å². The van der Waals surface area contributed by atoms with E-state index in [0.717, 1.165) is 38.5 Å². The summed E-state index contributed by atoms with van der Waals surface area (Å²) in [6, 6.07) is 0. The first-order chi connectivity index (χ1) is 11.3. The summed E-state index contributed by atoms with van der Waals surface area (Å²) in [5.41, 5.74) is 0. The van der Waals surface area contributed by atoms with Gasteiger partial charge in [-0.1, -0.05) is 68.6 Å². The van der Waals surface area contributed by atoms with Crippen molar-refractivity contribution in [1.82, 2.24) is 0 Å². The van der Waals surface area contributed by atoms with E-state index < -0.39 is 0 Å². The SMILES string of the molecule is C#CCOC(=O)CCCCCCC/C=C/C/C=C/C/C=C/CC. The molecule has 0 aromatic rings. The van der Waals surface area contributed by atoms with Gasteiger partial charge in [-0.2, -0.15) is 0 Å². The second-order valence-electron chi connectivity index (χ2n) is 5.47. The van der Waals surface area contributed by atoms with Gasteiger partial charge in [-0.15, -0.1) is 6.42 Å². The Morgan fingerprint density at radius 2 is 1.52 bits per heavy atom. The number of hydrogen-bond acceptors (Lipinski definition) is 2. The highest BCUT2D eigenvalue weighted by Crippen LogP contribution is 2.08. The smallest absolute Gasteiger partial charge is 0.306 e. The number of unbranched alkanes of at least 4 members (excludes halogenated alkanes) is 5. The number of hydrogen-bond donors (Lipinski definition) is 0. The predicted octanol–water partition coefficient (Wildman–Crippen LogP) is 5.75. The van der Waals surface area contributed by atoms with Gasteiger partial charge in [0.2, 0.25) is 0 Å². The van der Waals surface area contributed by atoms with E-state index in [1.165, 1.54) is 19.3 Å². The number of carbonyl (C=O) groups excluding carboxylic acids is 1. The second-order valence-corrected chi connectivity index (χ2v) is 5.47. The van der Waals surface area contributed by atoms with E-state index in [9.17, 15) is 4.79 Å². The lowest BCUT2D eigenvalue weighted by Gasteiger charge is -2.01. The van der Waals surface area contributed by atoms with Gasteiger partial charge in [0.05, 0.1) is 0 Å². The van der Waals surface area contributed by atoms with Crippen LogP contribution >= 0.6 is 0 Å². The van der Waals surface area contributed by atoms with Crippen LogP contribution in [0.25, 0.3) is 0 Å².